The maximum atomic E-state index is 11.1. The lowest BCUT2D eigenvalue weighted by Gasteiger charge is -2.31. The molecule has 0 saturated carbocycles. The van der Waals surface area contributed by atoms with E-state index in [4.69, 9.17) is 46.4 Å². The second-order valence-electron chi connectivity index (χ2n) is 4.30. The zero-order chi connectivity index (χ0) is 15.6. The molecule has 20 heavy (non-hydrogen) atoms. The molecule has 0 aliphatic rings. The maximum Gasteiger partial charge on any atom is 0.264 e. The molecular weight excluding hydrogens is 370 g/mol. The Balaban J connectivity index is 3.13. The molecule has 1 N–H and O–H groups in total. The number of aliphatic hydroxyl groups is 1. The smallest absolute Gasteiger partial charge is 0.264 e. The summed E-state index contributed by atoms with van der Waals surface area (Å²) < 4.78 is 25.0. The highest BCUT2D eigenvalue weighted by molar-refractivity contribution is 7.85. The van der Waals surface area contributed by atoms with Gasteiger partial charge in [-0.25, -0.2) is 0 Å². The van der Waals surface area contributed by atoms with Gasteiger partial charge in [0.05, 0.1) is 12.9 Å². The molecule has 0 heterocycles. The van der Waals surface area contributed by atoms with Crippen molar-refractivity contribution in [2.24, 2.45) is 0 Å². The van der Waals surface area contributed by atoms with E-state index in [1.807, 2.05) is 0 Å². The van der Waals surface area contributed by atoms with Crippen molar-refractivity contribution in [3.63, 3.8) is 0 Å². The van der Waals surface area contributed by atoms with Crippen molar-refractivity contribution in [2.75, 3.05) is 12.9 Å². The third-order valence-electron chi connectivity index (χ3n) is 2.37. The molecule has 1 rings (SSSR count). The highest BCUT2D eigenvalue weighted by Crippen LogP contribution is 2.40. The summed E-state index contributed by atoms with van der Waals surface area (Å²) in [5.41, 5.74) is -1.51. The van der Waals surface area contributed by atoms with Crippen LogP contribution in [0.3, 0.4) is 0 Å². The van der Waals surface area contributed by atoms with Gasteiger partial charge in [0.2, 0.25) is 0 Å². The van der Waals surface area contributed by atoms with E-state index in [2.05, 4.69) is 4.18 Å². The number of halogens is 4. The molecule has 1 atom stereocenters. The van der Waals surface area contributed by atoms with E-state index in [0.29, 0.717) is 10.6 Å². The Kier molecular flexibility index (Phi) is 6.01. The number of rotatable bonds is 5. The van der Waals surface area contributed by atoms with Gasteiger partial charge in [-0.2, -0.15) is 8.42 Å². The summed E-state index contributed by atoms with van der Waals surface area (Å²) in [5.74, 6) is 0. The highest BCUT2D eigenvalue weighted by atomic mass is 35.6. The monoisotopic (exact) mass is 380 g/mol. The van der Waals surface area contributed by atoms with Crippen LogP contribution in [-0.4, -0.2) is 30.2 Å². The van der Waals surface area contributed by atoms with Gasteiger partial charge in [-0.15, -0.1) is 0 Å². The highest BCUT2D eigenvalue weighted by Gasteiger charge is 2.39. The first-order valence-electron chi connectivity index (χ1n) is 5.31. The second-order valence-corrected chi connectivity index (χ2v) is 8.90. The first-order chi connectivity index (χ1) is 8.91. The lowest BCUT2D eigenvalue weighted by Crippen LogP contribution is -2.36. The molecule has 0 amide bonds. The quantitative estimate of drug-likeness (QED) is 0.628. The first-order valence-corrected chi connectivity index (χ1v) is 8.64. The van der Waals surface area contributed by atoms with Crippen LogP contribution < -0.4 is 0 Å². The van der Waals surface area contributed by atoms with Gasteiger partial charge in [-0.1, -0.05) is 58.5 Å². The van der Waals surface area contributed by atoms with Crippen LogP contribution in [-0.2, 0) is 19.9 Å². The second kappa shape index (κ2) is 6.57. The predicted molar refractivity (Wildman–Crippen MR) is 81.1 cm³/mol. The summed E-state index contributed by atoms with van der Waals surface area (Å²) in [6, 6.07) is 6.16. The molecule has 0 aromatic heterocycles. The SMILES string of the molecule is CS(=O)(=O)OCC(O)(CC(Cl)(Cl)Cl)c1cccc(Cl)c1. The average Bonchev–Trinajstić information content (AvgIpc) is 2.23. The van der Waals surface area contributed by atoms with Crippen molar-refractivity contribution in [3.05, 3.63) is 34.9 Å². The first kappa shape index (κ1) is 18.3. The minimum atomic E-state index is -3.75. The summed E-state index contributed by atoms with van der Waals surface area (Å²) in [4.78, 5) is 0. The zero-order valence-electron chi connectivity index (χ0n) is 10.3. The Morgan fingerprint density at radius 1 is 1.30 bits per heavy atom. The molecule has 0 fully saturated rings. The minimum Gasteiger partial charge on any atom is -0.383 e. The van der Waals surface area contributed by atoms with Crippen LogP contribution in [0.4, 0.5) is 0 Å². The molecule has 0 spiro atoms. The van der Waals surface area contributed by atoms with E-state index < -0.39 is 26.1 Å². The Labute approximate surface area is 137 Å². The number of benzene rings is 1. The van der Waals surface area contributed by atoms with Gasteiger partial charge in [0.25, 0.3) is 10.1 Å². The van der Waals surface area contributed by atoms with E-state index in [-0.39, 0.29) is 6.42 Å². The van der Waals surface area contributed by atoms with E-state index in [1.165, 1.54) is 12.1 Å². The fourth-order valence-electron chi connectivity index (χ4n) is 1.55. The van der Waals surface area contributed by atoms with Gasteiger partial charge < -0.3 is 5.11 Å². The Hall–Kier alpha value is 0.250. The Bertz CT molecular complexity index is 570. The number of hydrogen-bond acceptors (Lipinski definition) is 4. The van der Waals surface area contributed by atoms with Crippen LogP contribution >= 0.6 is 46.4 Å². The molecule has 0 aliphatic carbocycles. The summed E-state index contributed by atoms with van der Waals surface area (Å²) in [6.45, 7) is -0.583. The standard InChI is InChI=1S/C11H12Cl4O4S/c1-20(17,18)19-7-10(16,6-11(13,14)15)8-3-2-4-9(12)5-8/h2-5,16H,6-7H2,1H3. The molecular formula is C11H12Cl4O4S. The van der Waals surface area contributed by atoms with Crippen LogP contribution in [0.15, 0.2) is 24.3 Å². The van der Waals surface area contributed by atoms with Gasteiger partial charge in [-0.3, -0.25) is 4.18 Å². The molecule has 0 radical (unpaired) electrons. The minimum absolute atomic E-state index is 0.292. The zero-order valence-corrected chi connectivity index (χ0v) is 14.2. The van der Waals surface area contributed by atoms with Crippen LogP contribution in [0.5, 0.6) is 0 Å². The van der Waals surface area contributed by atoms with Crippen molar-refractivity contribution < 1.29 is 17.7 Å². The van der Waals surface area contributed by atoms with Gasteiger partial charge in [0, 0.05) is 11.4 Å². The van der Waals surface area contributed by atoms with Crippen molar-refractivity contribution in [3.8, 4) is 0 Å². The van der Waals surface area contributed by atoms with E-state index >= 15 is 0 Å². The molecule has 4 nitrogen and oxygen atoms in total. The van der Waals surface area contributed by atoms with Crippen LogP contribution in [0.1, 0.15) is 12.0 Å². The van der Waals surface area contributed by atoms with Crippen molar-refractivity contribution in [1.82, 2.24) is 0 Å². The summed E-state index contributed by atoms with van der Waals surface area (Å²) in [7, 11) is -3.75. The molecule has 0 saturated heterocycles. The van der Waals surface area contributed by atoms with Gasteiger partial charge >= 0.3 is 0 Å². The third-order valence-corrected chi connectivity index (χ3v) is 3.55. The largest absolute Gasteiger partial charge is 0.383 e. The molecule has 1 aromatic rings. The van der Waals surface area contributed by atoms with Crippen LogP contribution in [0, 0.1) is 0 Å². The summed E-state index contributed by atoms with van der Waals surface area (Å²) >= 11 is 22.9. The Morgan fingerprint density at radius 2 is 1.90 bits per heavy atom. The Morgan fingerprint density at radius 3 is 2.35 bits per heavy atom. The van der Waals surface area contributed by atoms with Crippen molar-refractivity contribution >= 4 is 56.5 Å². The van der Waals surface area contributed by atoms with Gasteiger partial charge in [-0.05, 0) is 17.7 Å². The molecule has 114 valence electrons. The summed E-state index contributed by atoms with van der Waals surface area (Å²) in [6.07, 6.45) is 0.501. The van der Waals surface area contributed by atoms with E-state index in [0.717, 1.165) is 6.26 Å². The van der Waals surface area contributed by atoms with Crippen LogP contribution in [0.25, 0.3) is 0 Å². The fraction of sp³-hybridized carbons (Fsp3) is 0.455. The van der Waals surface area contributed by atoms with Crippen LogP contribution in [0.2, 0.25) is 5.02 Å². The molecule has 9 heteroatoms. The lowest BCUT2D eigenvalue weighted by molar-refractivity contribution is -0.0138. The van der Waals surface area contributed by atoms with Crippen molar-refractivity contribution in [1.29, 1.82) is 0 Å². The fourth-order valence-corrected chi connectivity index (χ4v) is 2.81. The van der Waals surface area contributed by atoms with E-state index in [1.54, 1.807) is 12.1 Å². The topological polar surface area (TPSA) is 63.6 Å². The predicted octanol–water partition coefficient (Wildman–Crippen LogP) is 3.26. The molecule has 1 aromatic carbocycles. The summed E-state index contributed by atoms with van der Waals surface area (Å²) in [5, 5.41) is 11.0. The van der Waals surface area contributed by atoms with Gasteiger partial charge in [0.15, 0.2) is 3.79 Å². The van der Waals surface area contributed by atoms with Gasteiger partial charge in [0.1, 0.15) is 5.60 Å². The molecule has 0 aliphatic heterocycles. The van der Waals surface area contributed by atoms with Crippen molar-refractivity contribution in [2.45, 2.75) is 15.8 Å². The van der Waals surface area contributed by atoms with E-state index in [9.17, 15) is 13.5 Å². The average molecular weight is 382 g/mol. The normalized spacial score (nSPS) is 15.9. The maximum absolute atomic E-state index is 11.1. The number of alkyl halides is 3. The third kappa shape index (κ3) is 6.35. The lowest BCUT2D eigenvalue weighted by atomic mass is 9.92. The molecule has 0 bridgehead atoms. The number of hydrogen-bond donors (Lipinski definition) is 1. The molecule has 1 unspecified atom stereocenters.